The molecule has 1 fully saturated rings. The third-order valence-corrected chi connectivity index (χ3v) is 4.14. The Labute approximate surface area is 85.4 Å². The van der Waals surface area contributed by atoms with E-state index in [-0.39, 0.29) is 5.75 Å². The summed E-state index contributed by atoms with van der Waals surface area (Å²) in [5, 5.41) is 8.97. The summed E-state index contributed by atoms with van der Waals surface area (Å²) in [4.78, 5) is 0. The van der Waals surface area contributed by atoms with E-state index in [0.29, 0.717) is 19.3 Å². The Morgan fingerprint density at radius 2 is 2.00 bits per heavy atom. The number of hydrogen-bond acceptors (Lipinski definition) is 3. The molecule has 0 unspecified atom stereocenters. The van der Waals surface area contributed by atoms with Crippen LogP contribution in [-0.2, 0) is 10.0 Å². The van der Waals surface area contributed by atoms with Crippen molar-refractivity contribution >= 4 is 10.0 Å². The molecule has 0 atom stereocenters. The lowest BCUT2D eigenvalue weighted by molar-refractivity contribution is 0.485. The predicted molar refractivity (Wildman–Crippen MR) is 54.0 cm³/mol. The summed E-state index contributed by atoms with van der Waals surface area (Å²) in [5.74, 6) is 0.108. The second-order valence-electron chi connectivity index (χ2n) is 3.82. The van der Waals surface area contributed by atoms with Crippen LogP contribution in [0.25, 0.3) is 0 Å². The minimum Gasteiger partial charge on any atom is -0.212 e. The Morgan fingerprint density at radius 3 is 2.43 bits per heavy atom. The second-order valence-corrected chi connectivity index (χ2v) is 5.66. The third-order valence-electron chi connectivity index (χ3n) is 2.49. The summed E-state index contributed by atoms with van der Waals surface area (Å²) in [6.45, 7) is 1.81. The molecule has 0 spiro atoms. The molecule has 80 valence electrons. The van der Waals surface area contributed by atoms with E-state index >= 15 is 0 Å². The Morgan fingerprint density at radius 1 is 1.43 bits per heavy atom. The lowest BCUT2D eigenvalue weighted by atomic mass is 10.0. The molecule has 0 aromatic heterocycles. The molecule has 5 heteroatoms. The molecule has 0 aliphatic heterocycles. The zero-order valence-electron chi connectivity index (χ0n) is 8.41. The maximum Gasteiger partial charge on any atom is 0.212 e. The van der Waals surface area contributed by atoms with Crippen LogP contribution in [0.2, 0.25) is 0 Å². The van der Waals surface area contributed by atoms with E-state index in [1.807, 2.05) is 6.92 Å². The lowest BCUT2D eigenvalue weighted by Gasteiger charge is -2.21. The summed E-state index contributed by atoms with van der Waals surface area (Å²) in [6, 6.07) is 2.10. The Hall–Kier alpha value is -0.600. The number of hydrogen-bond donors (Lipinski definition) is 1. The van der Waals surface area contributed by atoms with E-state index in [9.17, 15) is 8.42 Å². The molecule has 1 saturated carbocycles. The highest BCUT2D eigenvalue weighted by Gasteiger charge is 2.37. The van der Waals surface area contributed by atoms with Gasteiger partial charge in [0.1, 0.15) is 5.54 Å². The highest BCUT2D eigenvalue weighted by Crippen LogP contribution is 2.29. The number of sulfonamides is 1. The first kappa shape index (κ1) is 11.5. The molecule has 1 rings (SSSR count). The van der Waals surface area contributed by atoms with Gasteiger partial charge in [-0.05, 0) is 19.3 Å². The normalized spacial score (nSPS) is 20.6. The lowest BCUT2D eigenvalue weighted by Crippen LogP contribution is -2.45. The molecule has 0 heterocycles. The van der Waals surface area contributed by atoms with Crippen molar-refractivity contribution in [2.24, 2.45) is 0 Å². The second kappa shape index (κ2) is 4.28. The molecule has 1 aliphatic carbocycles. The van der Waals surface area contributed by atoms with Gasteiger partial charge in [-0.1, -0.05) is 19.8 Å². The van der Waals surface area contributed by atoms with Crippen LogP contribution in [-0.4, -0.2) is 19.7 Å². The van der Waals surface area contributed by atoms with Gasteiger partial charge in [0, 0.05) is 0 Å². The molecule has 0 radical (unpaired) electrons. The zero-order chi connectivity index (χ0) is 10.7. The topological polar surface area (TPSA) is 70.0 Å². The van der Waals surface area contributed by atoms with E-state index in [1.165, 1.54) is 0 Å². The van der Waals surface area contributed by atoms with Crippen LogP contribution in [0.5, 0.6) is 0 Å². The zero-order valence-corrected chi connectivity index (χ0v) is 9.23. The van der Waals surface area contributed by atoms with Crippen molar-refractivity contribution in [3.8, 4) is 6.07 Å². The van der Waals surface area contributed by atoms with Crippen molar-refractivity contribution in [2.75, 3.05) is 5.75 Å². The van der Waals surface area contributed by atoms with Gasteiger partial charge in [-0.2, -0.15) is 9.98 Å². The van der Waals surface area contributed by atoms with Crippen molar-refractivity contribution in [3.05, 3.63) is 0 Å². The van der Waals surface area contributed by atoms with Crippen molar-refractivity contribution in [3.63, 3.8) is 0 Å². The Bertz CT molecular complexity index is 323. The quantitative estimate of drug-likeness (QED) is 0.766. The predicted octanol–water partition coefficient (Wildman–Crippen LogP) is 1.15. The number of nitrogens with zero attached hydrogens (tertiary/aromatic N) is 1. The smallest absolute Gasteiger partial charge is 0.212 e. The molecular formula is C9H16N2O2S. The van der Waals surface area contributed by atoms with Crippen molar-refractivity contribution < 1.29 is 8.42 Å². The van der Waals surface area contributed by atoms with Gasteiger partial charge < -0.3 is 0 Å². The van der Waals surface area contributed by atoms with Crippen LogP contribution < -0.4 is 4.72 Å². The average Bonchev–Trinajstić information content (AvgIpc) is 2.53. The minimum atomic E-state index is -3.26. The van der Waals surface area contributed by atoms with Crippen LogP contribution in [0.4, 0.5) is 0 Å². The third kappa shape index (κ3) is 2.69. The first-order valence-corrected chi connectivity index (χ1v) is 6.62. The molecule has 0 saturated heterocycles. The number of rotatable bonds is 4. The van der Waals surface area contributed by atoms with Gasteiger partial charge in [-0.25, -0.2) is 8.42 Å². The SMILES string of the molecule is CCCS(=O)(=O)NC1(C#N)CCCC1. The van der Waals surface area contributed by atoms with Gasteiger partial charge >= 0.3 is 0 Å². The average molecular weight is 216 g/mol. The summed E-state index contributed by atoms with van der Waals surface area (Å²) in [7, 11) is -3.26. The van der Waals surface area contributed by atoms with Crippen molar-refractivity contribution in [1.82, 2.24) is 4.72 Å². The molecule has 0 aromatic carbocycles. The van der Waals surface area contributed by atoms with Gasteiger partial charge in [-0.3, -0.25) is 0 Å². The summed E-state index contributed by atoms with van der Waals surface area (Å²) in [6.07, 6.45) is 3.74. The van der Waals surface area contributed by atoms with Crippen LogP contribution >= 0.6 is 0 Å². The van der Waals surface area contributed by atoms with Crippen molar-refractivity contribution in [2.45, 2.75) is 44.6 Å². The molecule has 0 aromatic rings. The summed E-state index contributed by atoms with van der Waals surface area (Å²) < 4.78 is 25.5. The molecule has 0 amide bonds. The number of nitriles is 1. The highest BCUT2D eigenvalue weighted by molar-refractivity contribution is 7.89. The van der Waals surface area contributed by atoms with Crippen LogP contribution in [0, 0.1) is 11.3 Å². The van der Waals surface area contributed by atoms with E-state index in [2.05, 4.69) is 10.8 Å². The van der Waals surface area contributed by atoms with Gasteiger partial charge in [0.15, 0.2) is 0 Å². The summed E-state index contributed by atoms with van der Waals surface area (Å²) in [5.41, 5.74) is -0.812. The largest absolute Gasteiger partial charge is 0.212 e. The van der Waals surface area contributed by atoms with Crippen LogP contribution in [0.3, 0.4) is 0 Å². The highest BCUT2D eigenvalue weighted by atomic mass is 32.2. The van der Waals surface area contributed by atoms with Crippen LogP contribution in [0.15, 0.2) is 0 Å². The van der Waals surface area contributed by atoms with Crippen LogP contribution in [0.1, 0.15) is 39.0 Å². The molecular weight excluding hydrogens is 200 g/mol. The Balaban J connectivity index is 2.71. The molecule has 1 N–H and O–H groups in total. The standard InChI is InChI=1S/C9H16N2O2S/c1-2-7-14(12,13)11-9(8-10)5-3-4-6-9/h11H,2-7H2,1H3. The first-order chi connectivity index (χ1) is 6.54. The monoisotopic (exact) mass is 216 g/mol. The van der Waals surface area contributed by atoms with Gasteiger partial charge in [0.05, 0.1) is 11.8 Å². The fraction of sp³-hybridized carbons (Fsp3) is 0.889. The maximum atomic E-state index is 11.5. The van der Waals surface area contributed by atoms with Gasteiger partial charge in [-0.15, -0.1) is 0 Å². The maximum absolute atomic E-state index is 11.5. The van der Waals surface area contributed by atoms with Gasteiger partial charge in [0.25, 0.3) is 0 Å². The fourth-order valence-corrected chi connectivity index (χ4v) is 3.32. The van der Waals surface area contributed by atoms with E-state index in [1.54, 1.807) is 0 Å². The van der Waals surface area contributed by atoms with Crippen molar-refractivity contribution in [1.29, 1.82) is 5.26 Å². The van der Waals surface area contributed by atoms with Gasteiger partial charge in [0.2, 0.25) is 10.0 Å². The molecule has 0 bridgehead atoms. The Kier molecular flexibility index (Phi) is 3.51. The molecule has 1 aliphatic rings. The van der Waals surface area contributed by atoms with E-state index in [4.69, 9.17) is 5.26 Å². The molecule has 4 nitrogen and oxygen atoms in total. The van der Waals surface area contributed by atoms with E-state index in [0.717, 1.165) is 12.8 Å². The molecule has 14 heavy (non-hydrogen) atoms. The number of nitrogens with one attached hydrogen (secondary N) is 1. The summed E-state index contributed by atoms with van der Waals surface area (Å²) >= 11 is 0. The first-order valence-electron chi connectivity index (χ1n) is 4.96. The fourth-order valence-electron chi connectivity index (χ4n) is 1.83. The minimum absolute atomic E-state index is 0.108. The van der Waals surface area contributed by atoms with E-state index < -0.39 is 15.6 Å².